The van der Waals surface area contributed by atoms with E-state index in [4.69, 9.17) is 11.6 Å². The summed E-state index contributed by atoms with van der Waals surface area (Å²) in [6.45, 7) is 3.37. The van der Waals surface area contributed by atoms with Crippen molar-refractivity contribution >= 4 is 17.3 Å². The molecular formula is C12H17ClN2. The molecule has 1 aromatic carbocycles. The molecule has 0 saturated carbocycles. The molecule has 0 unspecified atom stereocenters. The summed E-state index contributed by atoms with van der Waals surface area (Å²) in [5, 5.41) is 7.61. The Balaban J connectivity index is 1.81. The lowest BCUT2D eigenvalue weighted by molar-refractivity contribution is 0.390. The average Bonchev–Trinajstić information content (AvgIpc) is 2.28. The first-order valence-electron chi connectivity index (χ1n) is 5.55. The lowest BCUT2D eigenvalue weighted by Gasteiger charge is -2.23. The predicted octanol–water partition coefficient (Wildman–Crippen LogP) is 2.75. The lowest BCUT2D eigenvalue weighted by atomic mass is 9.98. The number of hydrogen-bond acceptors (Lipinski definition) is 2. The molecule has 1 aliphatic rings. The third kappa shape index (κ3) is 3.40. The van der Waals surface area contributed by atoms with Crippen LogP contribution in [0.2, 0.25) is 5.02 Å². The maximum absolute atomic E-state index is 5.92. The molecule has 1 heterocycles. The molecule has 2 rings (SSSR count). The van der Waals surface area contributed by atoms with Crippen molar-refractivity contribution in [2.24, 2.45) is 5.92 Å². The van der Waals surface area contributed by atoms with E-state index in [9.17, 15) is 0 Å². The number of rotatable bonds is 3. The first kappa shape index (κ1) is 10.8. The molecule has 1 aliphatic heterocycles. The first-order chi connectivity index (χ1) is 7.34. The first-order valence-corrected chi connectivity index (χ1v) is 5.92. The van der Waals surface area contributed by atoms with Gasteiger partial charge >= 0.3 is 0 Å². The number of nitrogens with one attached hydrogen (secondary N) is 2. The van der Waals surface area contributed by atoms with Crippen LogP contribution >= 0.6 is 11.6 Å². The van der Waals surface area contributed by atoms with E-state index in [0.717, 1.165) is 36.3 Å². The van der Waals surface area contributed by atoms with E-state index in [1.165, 1.54) is 12.8 Å². The van der Waals surface area contributed by atoms with Crippen LogP contribution in [0.1, 0.15) is 12.8 Å². The van der Waals surface area contributed by atoms with Gasteiger partial charge in [0.15, 0.2) is 0 Å². The van der Waals surface area contributed by atoms with E-state index in [1.54, 1.807) is 0 Å². The van der Waals surface area contributed by atoms with E-state index in [2.05, 4.69) is 16.7 Å². The maximum Gasteiger partial charge on any atom is 0.0426 e. The molecule has 3 heteroatoms. The minimum absolute atomic E-state index is 0.797. The van der Waals surface area contributed by atoms with Crippen molar-refractivity contribution in [1.82, 2.24) is 5.32 Å². The molecule has 1 aromatic rings. The van der Waals surface area contributed by atoms with Crippen molar-refractivity contribution < 1.29 is 0 Å². The van der Waals surface area contributed by atoms with E-state index >= 15 is 0 Å². The molecule has 0 aromatic heterocycles. The van der Waals surface area contributed by atoms with Gasteiger partial charge in [0, 0.05) is 17.3 Å². The summed E-state index contributed by atoms with van der Waals surface area (Å²) >= 11 is 5.92. The van der Waals surface area contributed by atoms with Crippen molar-refractivity contribution in [2.45, 2.75) is 12.8 Å². The van der Waals surface area contributed by atoms with Crippen LogP contribution < -0.4 is 10.6 Å². The minimum Gasteiger partial charge on any atom is -0.385 e. The predicted molar refractivity (Wildman–Crippen MR) is 65.5 cm³/mol. The Morgan fingerprint density at radius 1 is 1.33 bits per heavy atom. The SMILES string of the molecule is Clc1cccc(NCC2CCNCC2)c1. The van der Waals surface area contributed by atoms with Crippen molar-refractivity contribution in [3.05, 3.63) is 29.3 Å². The summed E-state index contributed by atoms with van der Waals surface area (Å²) in [5.41, 5.74) is 1.13. The topological polar surface area (TPSA) is 24.1 Å². The summed E-state index contributed by atoms with van der Waals surface area (Å²) < 4.78 is 0. The van der Waals surface area contributed by atoms with Crippen LogP contribution in [0.4, 0.5) is 5.69 Å². The van der Waals surface area contributed by atoms with E-state index in [-0.39, 0.29) is 0 Å². The molecular weight excluding hydrogens is 208 g/mol. The van der Waals surface area contributed by atoms with Gasteiger partial charge in [-0.1, -0.05) is 17.7 Å². The van der Waals surface area contributed by atoms with Gasteiger partial charge in [0.1, 0.15) is 0 Å². The number of hydrogen-bond donors (Lipinski definition) is 2. The van der Waals surface area contributed by atoms with Crippen molar-refractivity contribution in [3.8, 4) is 0 Å². The van der Waals surface area contributed by atoms with Crippen molar-refractivity contribution in [2.75, 3.05) is 25.0 Å². The Bertz CT molecular complexity index is 308. The zero-order chi connectivity index (χ0) is 10.5. The van der Waals surface area contributed by atoms with Crippen LogP contribution in [0.15, 0.2) is 24.3 Å². The zero-order valence-corrected chi connectivity index (χ0v) is 9.56. The van der Waals surface area contributed by atoms with Gasteiger partial charge in [0.2, 0.25) is 0 Å². The van der Waals surface area contributed by atoms with Gasteiger partial charge in [0.25, 0.3) is 0 Å². The highest BCUT2D eigenvalue weighted by molar-refractivity contribution is 6.30. The second-order valence-electron chi connectivity index (χ2n) is 4.08. The van der Waals surface area contributed by atoms with Gasteiger partial charge in [-0.05, 0) is 50.0 Å². The average molecular weight is 225 g/mol. The van der Waals surface area contributed by atoms with E-state index in [1.807, 2.05) is 18.2 Å². The number of halogens is 1. The van der Waals surface area contributed by atoms with Crippen LogP contribution in [-0.4, -0.2) is 19.6 Å². The molecule has 82 valence electrons. The second-order valence-corrected chi connectivity index (χ2v) is 4.52. The highest BCUT2D eigenvalue weighted by Crippen LogP contribution is 2.17. The smallest absolute Gasteiger partial charge is 0.0426 e. The number of anilines is 1. The van der Waals surface area contributed by atoms with Crippen LogP contribution in [0.3, 0.4) is 0 Å². The Hall–Kier alpha value is -0.730. The molecule has 2 nitrogen and oxygen atoms in total. The third-order valence-corrected chi connectivity index (χ3v) is 3.11. The standard InChI is InChI=1S/C12H17ClN2/c13-11-2-1-3-12(8-11)15-9-10-4-6-14-7-5-10/h1-3,8,10,14-15H,4-7,9H2. The molecule has 0 radical (unpaired) electrons. The van der Waals surface area contributed by atoms with Gasteiger partial charge < -0.3 is 10.6 Å². The highest BCUT2D eigenvalue weighted by Gasteiger charge is 2.12. The molecule has 2 N–H and O–H groups in total. The van der Waals surface area contributed by atoms with Crippen LogP contribution in [0.25, 0.3) is 0 Å². The van der Waals surface area contributed by atoms with Crippen LogP contribution in [0.5, 0.6) is 0 Å². The Morgan fingerprint density at radius 3 is 2.87 bits per heavy atom. The Morgan fingerprint density at radius 2 is 2.13 bits per heavy atom. The van der Waals surface area contributed by atoms with Crippen LogP contribution in [0, 0.1) is 5.92 Å². The zero-order valence-electron chi connectivity index (χ0n) is 8.80. The normalized spacial score (nSPS) is 17.7. The summed E-state index contributed by atoms with van der Waals surface area (Å²) in [4.78, 5) is 0. The largest absolute Gasteiger partial charge is 0.385 e. The Kier molecular flexibility index (Phi) is 3.87. The van der Waals surface area contributed by atoms with Gasteiger partial charge in [-0.25, -0.2) is 0 Å². The highest BCUT2D eigenvalue weighted by atomic mass is 35.5. The third-order valence-electron chi connectivity index (χ3n) is 2.88. The molecule has 1 saturated heterocycles. The molecule has 0 spiro atoms. The van der Waals surface area contributed by atoms with Gasteiger partial charge in [-0.2, -0.15) is 0 Å². The Labute approximate surface area is 96.0 Å². The van der Waals surface area contributed by atoms with E-state index < -0.39 is 0 Å². The molecule has 0 aliphatic carbocycles. The molecule has 1 fully saturated rings. The molecule has 0 bridgehead atoms. The van der Waals surface area contributed by atoms with Crippen LogP contribution in [-0.2, 0) is 0 Å². The molecule has 0 amide bonds. The van der Waals surface area contributed by atoms with Gasteiger partial charge in [0.05, 0.1) is 0 Å². The summed E-state index contributed by atoms with van der Waals surface area (Å²) in [6.07, 6.45) is 2.54. The number of benzene rings is 1. The number of piperidine rings is 1. The van der Waals surface area contributed by atoms with Crippen molar-refractivity contribution in [1.29, 1.82) is 0 Å². The minimum atomic E-state index is 0.797. The molecule has 15 heavy (non-hydrogen) atoms. The maximum atomic E-state index is 5.92. The fourth-order valence-electron chi connectivity index (χ4n) is 1.95. The summed E-state index contributed by atoms with van der Waals surface area (Å²) in [5.74, 6) is 0.797. The molecule has 0 atom stereocenters. The van der Waals surface area contributed by atoms with Gasteiger partial charge in [-0.3, -0.25) is 0 Å². The second kappa shape index (κ2) is 5.38. The lowest BCUT2D eigenvalue weighted by Crippen LogP contribution is -2.31. The van der Waals surface area contributed by atoms with Crippen molar-refractivity contribution in [3.63, 3.8) is 0 Å². The monoisotopic (exact) mass is 224 g/mol. The quantitative estimate of drug-likeness (QED) is 0.825. The fraction of sp³-hybridized carbons (Fsp3) is 0.500. The summed E-state index contributed by atoms with van der Waals surface area (Å²) in [6, 6.07) is 7.92. The van der Waals surface area contributed by atoms with Gasteiger partial charge in [-0.15, -0.1) is 0 Å². The fourth-order valence-corrected chi connectivity index (χ4v) is 2.14. The van der Waals surface area contributed by atoms with E-state index in [0.29, 0.717) is 0 Å². The summed E-state index contributed by atoms with van der Waals surface area (Å²) in [7, 11) is 0.